The van der Waals surface area contributed by atoms with Crippen molar-refractivity contribution in [1.82, 2.24) is 0 Å². The molecule has 0 aromatic rings. The van der Waals surface area contributed by atoms with E-state index >= 15 is 0 Å². The van der Waals surface area contributed by atoms with Crippen molar-refractivity contribution in [3.63, 3.8) is 0 Å². The molecule has 0 amide bonds. The first kappa shape index (κ1) is 9.07. The minimum atomic E-state index is -2.69. The van der Waals surface area contributed by atoms with Crippen molar-refractivity contribution in [3.8, 4) is 0 Å². The number of hydrogen-bond acceptors (Lipinski definition) is 3. The van der Waals surface area contributed by atoms with Gasteiger partial charge in [0.05, 0.1) is 23.7 Å². The summed E-state index contributed by atoms with van der Waals surface area (Å²) in [7, 11) is -2.69. The van der Waals surface area contributed by atoms with E-state index < -0.39 is 10.5 Å². The predicted octanol–water partition coefficient (Wildman–Crippen LogP) is 0.536. The molecule has 0 unspecified atom stereocenters. The van der Waals surface area contributed by atoms with Crippen LogP contribution in [0.25, 0.3) is 0 Å². The molecule has 0 aliphatic heterocycles. The van der Waals surface area contributed by atoms with Crippen LogP contribution < -0.4 is 0 Å². The van der Waals surface area contributed by atoms with Crippen LogP contribution in [0.5, 0.6) is 0 Å². The van der Waals surface area contributed by atoms with Gasteiger partial charge in [-0.2, -0.15) is 0 Å². The lowest BCUT2D eigenvalue weighted by Gasteiger charge is -2.17. The molecule has 0 aromatic heterocycles. The third-order valence-corrected chi connectivity index (χ3v) is 2.18. The number of rotatable bonds is 4. The van der Waals surface area contributed by atoms with Gasteiger partial charge in [0, 0.05) is 6.26 Å². The molecule has 0 rings (SSSR count). The summed E-state index contributed by atoms with van der Waals surface area (Å²) < 4.78 is 20.6. The summed E-state index contributed by atoms with van der Waals surface area (Å²) in [5, 5.41) is 0. The van der Waals surface area contributed by atoms with Crippen molar-refractivity contribution in [3.05, 3.63) is 0 Å². The summed E-state index contributed by atoms with van der Waals surface area (Å²) in [5.41, 5.74) is 0. The van der Waals surface area contributed by atoms with E-state index in [9.17, 15) is 4.21 Å². The molecule has 0 aliphatic rings. The van der Waals surface area contributed by atoms with Crippen LogP contribution >= 0.6 is 0 Å². The maximum atomic E-state index is 11.0. The number of thiol groups is 1. The van der Waals surface area contributed by atoms with Crippen LogP contribution in [-0.4, -0.2) is 23.7 Å². The van der Waals surface area contributed by atoms with Crippen molar-refractivity contribution in [1.29, 1.82) is 0 Å². The lowest BCUT2D eigenvalue weighted by molar-refractivity contribution is 0.253. The normalized spacial score (nSPS) is 13.7. The van der Waals surface area contributed by atoms with E-state index in [4.69, 9.17) is 8.37 Å². The lowest BCUT2D eigenvalue weighted by Crippen LogP contribution is -2.17. The first-order valence-electron chi connectivity index (χ1n) is 2.99. The van der Waals surface area contributed by atoms with Gasteiger partial charge in [0.25, 0.3) is 0 Å². The van der Waals surface area contributed by atoms with Crippen LogP contribution in [-0.2, 0) is 18.9 Å². The average Bonchev–Trinajstić information content (AvgIpc) is 1.64. The fourth-order valence-corrected chi connectivity index (χ4v) is 1.52. The largest absolute Gasteiger partial charge is 0.294 e. The van der Waals surface area contributed by atoms with E-state index in [1.165, 1.54) is 6.26 Å². The summed E-state index contributed by atoms with van der Waals surface area (Å²) in [5.74, 6) is 0. The zero-order valence-corrected chi connectivity index (χ0v) is 6.98. The van der Waals surface area contributed by atoms with Crippen LogP contribution in [0.4, 0.5) is 0 Å². The van der Waals surface area contributed by atoms with Crippen molar-refractivity contribution in [2.24, 2.45) is 0 Å². The first-order valence-corrected chi connectivity index (χ1v) is 4.98. The minimum Gasteiger partial charge on any atom is -0.294 e. The Bertz CT molecular complexity index is 103. The van der Waals surface area contributed by atoms with Crippen LogP contribution in [0.3, 0.4) is 0 Å². The molecule has 0 fully saturated rings. The molecule has 58 valence electrons. The highest BCUT2D eigenvalue weighted by Crippen LogP contribution is 2.01. The van der Waals surface area contributed by atoms with Crippen molar-refractivity contribution >= 4 is 10.5 Å². The molecule has 0 radical (unpaired) electrons. The molecule has 0 bridgehead atoms. The zero-order valence-electron chi connectivity index (χ0n) is 6.09. The molecule has 0 spiro atoms. The van der Waals surface area contributed by atoms with Gasteiger partial charge in [0.1, 0.15) is 0 Å². The quantitative estimate of drug-likeness (QED) is 0.600. The molecule has 0 heterocycles. The molecular weight excluding hydrogens is 140 g/mol. The molecule has 0 N–H and O–H groups in total. The number of hydrogen-bond donors (Lipinski definition) is 1. The van der Waals surface area contributed by atoms with Crippen LogP contribution in [0.2, 0.25) is 0 Å². The summed E-state index contributed by atoms with van der Waals surface area (Å²) in [6, 6.07) is 0. The molecular formula is C5H14O3S. The molecule has 0 saturated heterocycles. The SMILES string of the molecule is CCO[SH](C)(=O)OCC. The Kier molecular flexibility index (Phi) is 4.01. The maximum absolute atomic E-state index is 11.0. The molecule has 3 nitrogen and oxygen atoms in total. The Morgan fingerprint density at radius 1 is 1.22 bits per heavy atom. The fourth-order valence-electron chi connectivity index (χ4n) is 0.506. The van der Waals surface area contributed by atoms with Gasteiger partial charge in [-0.1, -0.05) is 0 Å². The second-order valence-corrected chi connectivity index (χ2v) is 3.67. The van der Waals surface area contributed by atoms with E-state index in [2.05, 4.69) is 0 Å². The van der Waals surface area contributed by atoms with Gasteiger partial charge in [-0.05, 0) is 13.8 Å². The summed E-state index contributed by atoms with van der Waals surface area (Å²) >= 11 is 0. The topological polar surface area (TPSA) is 35.5 Å². The molecule has 4 heteroatoms. The first-order chi connectivity index (χ1) is 4.12. The Hall–Kier alpha value is 0.0700. The van der Waals surface area contributed by atoms with Gasteiger partial charge < -0.3 is 0 Å². The molecule has 0 saturated carbocycles. The standard InChI is InChI=1S/C5H14O3S/c1-4-7-9(3,6)8-5-2/h9H,4-5H2,1-3H3. The van der Waals surface area contributed by atoms with E-state index in [1.54, 1.807) is 13.8 Å². The Balaban J connectivity index is 3.58. The fraction of sp³-hybridized carbons (Fsp3) is 1.00. The smallest absolute Gasteiger partial charge is 0.0752 e. The summed E-state index contributed by atoms with van der Waals surface area (Å²) in [6.07, 6.45) is 1.47. The maximum Gasteiger partial charge on any atom is 0.0752 e. The second kappa shape index (κ2) is 3.98. The highest BCUT2D eigenvalue weighted by molar-refractivity contribution is 7.93. The van der Waals surface area contributed by atoms with Gasteiger partial charge in [0.2, 0.25) is 0 Å². The van der Waals surface area contributed by atoms with Crippen molar-refractivity contribution in [2.45, 2.75) is 13.8 Å². The van der Waals surface area contributed by atoms with Crippen LogP contribution in [0, 0.1) is 0 Å². The van der Waals surface area contributed by atoms with Crippen molar-refractivity contribution < 1.29 is 12.6 Å². The van der Waals surface area contributed by atoms with Gasteiger partial charge in [0.15, 0.2) is 0 Å². The van der Waals surface area contributed by atoms with E-state index in [0.717, 1.165) is 0 Å². The monoisotopic (exact) mass is 154 g/mol. The highest BCUT2D eigenvalue weighted by Gasteiger charge is 2.03. The predicted molar refractivity (Wildman–Crippen MR) is 38.7 cm³/mol. The summed E-state index contributed by atoms with van der Waals surface area (Å²) in [6.45, 7) is 4.45. The second-order valence-electron chi connectivity index (χ2n) is 1.61. The van der Waals surface area contributed by atoms with E-state index in [0.29, 0.717) is 13.2 Å². The third kappa shape index (κ3) is 4.57. The molecule has 0 aromatic carbocycles. The molecule has 0 atom stereocenters. The Morgan fingerprint density at radius 2 is 1.56 bits per heavy atom. The van der Waals surface area contributed by atoms with Gasteiger partial charge >= 0.3 is 0 Å². The highest BCUT2D eigenvalue weighted by atomic mass is 32.3. The van der Waals surface area contributed by atoms with Gasteiger partial charge in [-0.15, -0.1) is 0 Å². The molecule has 0 aliphatic carbocycles. The van der Waals surface area contributed by atoms with E-state index in [-0.39, 0.29) is 0 Å². The van der Waals surface area contributed by atoms with E-state index in [1.807, 2.05) is 0 Å². The minimum absolute atomic E-state index is 0.438. The van der Waals surface area contributed by atoms with Gasteiger partial charge in [-0.25, -0.2) is 4.21 Å². The lowest BCUT2D eigenvalue weighted by atomic mass is 10.9. The van der Waals surface area contributed by atoms with Crippen LogP contribution in [0.15, 0.2) is 0 Å². The zero-order chi connectivity index (χ0) is 7.33. The average molecular weight is 154 g/mol. The van der Waals surface area contributed by atoms with Gasteiger partial charge in [-0.3, -0.25) is 8.37 Å². The Morgan fingerprint density at radius 3 is 1.78 bits per heavy atom. The molecule has 9 heavy (non-hydrogen) atoms. The third-order valence-electron chi connectivity index (χ3n) is 0.727. The van der Waals surface area contributed by atoms with Crippen LogP contribution in [0.1, 0.15) is 13.8 Å². The Labute approximate surface area is 57.2 Å². The summed E-state index contributed by atoms with van der Waals surface area (Å²) in [4.78, 5) is 0. The van der Waals surface area contributed by atoms with Crippen molar-refractivity contribution in [2.75, 3.05) is 19.5 Å².